The van der Waals surface area contributed by atoms with Gasteiger partial charge in [0, 0.05) is 5.88 Å². The van der Waals surface area contributed by atoms with Crippen molar-refractivity contribution in [3.8, 4) is 11.5 Å². The first-order valence-corrected chi connectivity index (χ1v) is 6.19. The Morgan fingerprint density at radius 2 is 2.00 bits per heavy atom. The molecule has 2 nitrogen and oxygen atoms in total. The number of hydrogen-bond acceptors (Lipinski definition) is 2. The van der Waals surface area contributed by atoms with E-state index in [4.69, 9.17) is 21.1 Å². The van der Waals surface area contributed by atoms with Crippen LogP contribution in [0.5, 0.6) is 11.5 Å². The molecule has 0 radical (unpaired) electrons. The average Bonchev–Trinajstić information content (AvgIpc) is 2.72. The van der Waals surface area contributed by atoms with Crippen molar-refractivity contribution in [2.24, 2.45) is 5.92 Å². The summed E-state index contributed by atoms with van der Waals surface area (Å²) in [6, 6.07) is 6.11. The molecule has 0 bridgehead atoms. The molecule has 0 aliphatic carbocycles. The van der Waals surface area contributed by atoms with E-state index >= 15 is 0 Å². The SMILES string of the molecule is CC(C)CC(CCl)c1ccc2c(c1)OCO2. The summed E-state index contributed by atoms with van der Waals surface area (Å²) in [5.41, 5.74) is 1.24. The number of alkyl halides is 1. The van der Waals surface area contributed by atoms with Gasteiger partial charge < -0.3 is 9.47 Å². The average molecular weight is 241 g/mol. The summed E-state index contributed by atoms with van der Waals surface area (Å²) in [5, 5.41) is 0. The Kier molecular flexibility index (Phi) is 3.59. The van der Waals surface area contributed by atoms with Gasteiger partial charge in [-0.1, -0.05) is 19.9 Å². The van der Waals surface area contributed by atoms with Crippen LogP contribution in [-0.4, -0.2) is 12.7 Å². The van der Waals surface area contributed by atoms with Crippen molar-refractivity contribution in [1.82, 2.24) is 0 Å². The molecule has 16 heavy (non-hydrogen) atoms. The summed E-state index contributed by atoms with van der Waals surface area (Å²) in [7, 11) is 0. The van der Waals surface area contributed by atoms with E-state index in [2.05, 4.69) is 26.0 Å². The summed E-state index contributed by atoms with van der Waals surface area (Å²) in [6.07, 6.45) is 1.10. The molecule has 0 saturated heterocycles. The fourth-order valence-corrected chi connectivity index (χ4v) is 2.33. The Bertz CT molecular complexity index is 363. The van der Waals surface area contributed by atoms with Crippen LogP contribution in [0.3, 0.4) is 0 Å². The van der Waals surface area contributed by atoms with Gasteiger partial charge >= 0.3 is 0 Å². The highest BCUT2D eigenvalue weighted by molar-refractivity contribution is 6.18. The van der Waals surface area contributed by atoms with Crippen LogP contribution in [0.4, 0.5) is 0 Å². The maximum absolute atomic E-state index is 6.03. The van der Waals surface area contributed by atoms with E-state index in [1.54, 1.807) is 0 Å². The van der Waals surface area contributed by atoms with Crippen molar-refractivity contribution in [2.75, 3.05) is 12.7 Å². The molecular weight excluding hydrogens is 224 g/mol. The maximum atomic E-state index is 6.03. The predicted octanol–water partition coefficient (Wildman–Crippen LogP) is 3.78. The van der Waals surface area contributed by atoms with Crippen LogP contribution in [0.2, 0.25) is 0 Å². The highest BCUT2D eigenvalue weighted by Gasteiger charge is 2.18. The second-order valence-electron chi connectivity index (χ2n) is 4.59. The molecule has 0 spiro atoms. The predicted molar refractivity (Wildman–Crippen MR) is 65.5 cm³/mol. The van der Waals surface area contributed by atoms with Crippen LogP contribution in [0.1, 0.15) is 31.7 Å². The Balaban J connectivity index is 2.18. The summed E-state index contributed by atoms with van der Waals surface area (Å²) in [6.45, 7) is 4.76. The van der Waals surface area contributed by atoms with Gasteiger partial charge in [-0.3, -0.25) is 0 Å². The first-order chi connectivity index (χ1) is 7.70. The zero-order valence-corrected chi connectivity index (χ0v) is 10.5. The lowest BCUT2D eigenvalue weighted by atomic mass is 9.92. The molecule has 0 fully saturated rings. The Hall–Kier alpha value is -0.890. The molecule has 1 aromatic rings. The first-order valence-electron chi connectivity index (χ1n) is 5.66. The van der Waals surface area contributed by atoms with Gasteiger partial charge in [0.1, 0.15) is 0 Å². The zero-order chi connectivity index (χ0) is 11.5. The van der Waals surface area contributed by atoms with Gasteiger partial charge in [0.15, 0.2) is 11.5 Å². The minimum Gasteiger partial charge on any atom is -0.454 e. The van der Waals surface area contributed by atoms with Crippen molar-refractivity contribution >= 4 is 11.6 Å². The van der Waals surface area contributed by atoms with Crippen LogP contribution in [-0.2, 0) is 0 Å². The van der Waals surface area contributed by atoms with Gasteiger partial charge in [-0.05, 0) is 36.0 Å². The highest BCUT2D eigenvalue weighted by Crippen LogP contribution is 2.36. The van der Waals surface area contributed by atoms with E-state index in [1.807, 2.05) is 6.07 Å². The molecule has 3 heteroatoms. The third-order valence-electron chi connectivity index (χ3n) is 2.81. The van der Waals surface area contributed by atoms with Crippen LogP contribution >= 0.6 is 11.6 Å². The minimum absolute atomic E-state index is 0.328. The van der Waals surface area contributed by atoms with Crippen molar-refractivity contribution in [1.29, 1.82) is 0 Å². The summed E-state index contributed by atoms with van der Waals surface area (Å²) in [4.78, 5) is 0. The zero-order valence-electron chi connectivity index (χ0n) is 9.70. The number of ether oxygens (including phenoxy) is 2. The van der Waals surface area contributed by atoms with Crippen molar-refractivity contribution in [2.45, 2.75) is 26.2 Å². The van der Waals surface area contributed by atoms with Gasteiger partial charge in [-0.2, -0.15) is 0 Å². The number of fused-ring (bicyclic) bond motifs is 1. The van der Waals surface area contributed by atoms with E-state index < -0.39 is 0 Å². The lowest BCUT2D eigenvalue weighted by Gasteiger charge is -2.16. The molecule has 1 aliphatic heterocycles. The summed E-state index contributed by atoms with van der Waals surface area (Å²) in [5.74, 6) is 3.38. The largest absolute Gasteiger partial charge is 0.454 e. The van der Waals surface area contributed by atoms with Crippen LogP contribution < -0.4 is 9.47 Å². The molecule has 1 atom stereocenters. The molecular formula is C13H17ClO2. The fourth-order valence-electron chi connectivity index (χ4n) is 2.02. The highest BCUT2D eigenvalue weighted by atomic mass is 35.5. The topological polar surface area (TPSA) is 18.5 Å². The number of benzene rings is 1. The van der Waals surface area contributed by atoms with E-state index in [9.17, 15) is 0 Å². The molecule has 0 saturated carbocycles. The second kappa shape index (κ2) is 4.96. The van der Waals surface area contributed by atoms with Gasteiger partial charge in [0.05, 0.1) is 0 Å². The number of halogens is 1. The third-order valence-corrected chi connectivity index (χ3v) is 3.18. The Labute approximate surface area is 102 Å². The normalized spacial score (nSPS) is 15.5. The summed E-state index contributed by atoms with van der Waals surface area (Å²) >= 11 is 6.03. The molecule has 1 heterocycles. The number of hydrogen-bond donors (Lipinski definition) is 0. The number of rotatable bonds is 4. The van der Waals surface area contributed by atoms with Gasteiger partial charge in [0.2, 0.25) is 6.79 Å². The van der Waals surface area contributed by atoms with Gasteiger partial charge in [-0.15, -0.1) is 11.6 Å². The molecule has 88 valence electrons. The van der Waals surface area contributed by atoms with Crippen LogP contribution in [0.15, 0.2) is 18.2 Å². The van der Waals surface area contributed by atoms with E-state index in [-0.39, 0.29) is 0 Å². The quantitative estimate of drug-likeness (QED) is 0.746. The Morgan fingerprint density at radius 3 is 2.69 bits per heavy atom. The summed E-state index contributed by atoms with van der Waals surface area (Å²) < 4.78 is 10.7. The molecule has 1 unspecified atom stereocenters. The molecule has 0 aromatic heterocycles. The monoisotopic (exact) mass is 240 g/mol. The molecule has 0 N–H and O–H groups in total. The molecule has 1 aliphatic rings. The maximum Gasteiger partial charge on any atom is 0.231 e. The van der Waals surface area contributed by atoms with Crippen molar-refractivity contribution in [3.63, 3.8) is 0 Å². The lowest BCUT2D eigenvalue weighted by molar-refractivity contribution is 0.174. The standard InChI is InChI=1S/C13H17ClO2/c1-9(2)5-11(7-14)10-3-4-12-13(6-10)16-8-15-12/h3-4,6,9,11H,5,7-8H2,1-2H3. The molecule has 1 aromatic carbocycles. The fraction of sp³-hybridized carbons (Fsp3) is 0.538. The van der Waals surface area contributed by atoms with Crippen molar-refractivity contribution < 1.29 is 9.47 Å². The first kappa shape index (κ1) is 11.6. The lowest BCUT2D eigenvalue weighted by Crippen LogP contribution is -2.04. The molecule has 2 rings (SSSR count). The third kappa shape index (κ3) is 2.43. The van der Waals surface area contributed by atoms with E-state index in [1.165, 1.54) is 5.56 Å². The minimum atomic E-state index is 0.328. The smallest absolute Gasteiger partial charge is 0.231 e. The van der Waals surface area contributed by atoms with Gasteiger partial charge in [0.25, 0.3) is 0 Å². The van der Waals surface area contributed by atoms with E-state index in [0.717, 1.165) is 17.9 Å². The van der Waals surface area contributed by atoms with E-state index in [0.29, 0.717) is 24.5 Å². The van der Waals surface area contributed by atoms with Crippen LogP contribution in [0.25, 0.3) is 0 Å². The Morgan fingerprint density at radius 1 is 1.25 bits per heavy atom. The van der Waals surface area contributed by atoms with Crippen LogP contribution in [0, 0.1) is 5.92 Å². The second-order valence-corrected chi connectivity index (χ2v) is 4.90. The molecule has 0 amide bonds. The van der Waals surface area contributed by atoms with Gasteiger partial charge in [-0.25, -0.2) is 0 Å². The van der Waals surface area contributed by atoms with Crippen molar-refractivity contribution in [3.05, 3.63) is 23.8 Å².